The van der Waals surface area contributed by atoms with Crippen molar-refractivity contribution in [2.75, 3.05) is 31.6 Å². The van der Waals surface area contributed by atoms with E-state index in [1.54, 1.807) is 6.07 Å². The fourth-order valence-electron chi connectivity index (χ4n) is 2.23. The molecule has 1 aliphatic rings. The minimum absolute atomic E-state index is 0. The molecule has 1 aromatic rings. The molecular formula is C12H20Cl2N4. The molecule has 1 aromatic heterocycles. The number of nitrogens with zero attached hydrogens (tertiary/aromatic N) is 3. The van der Waals surface area contributed by atoms with E-state index in [4.69, 9.17) is 11.6 Å². The summed E-state index contributed by atoms with van der Waals surface area (Å²) in [5.74, 6) is 1.40. The molecule has 0 aliphatic carbocycles. The summed E-state index contributed by atoms with van der Waals surface area (Å²) in [6, 6.07) is 1.78. The van der Waals surface area contributed by atoms with Gasteiger partial charge in [-0.25, -0.2) is 9.97 Å². The highest BCUT2D eigenvalue weighted by molar-refractivity contribution is 6.29. The molecular weight excluding hydrogens is 271 g/mol. The van der Waals surface area contributed by atoms with Gasteiger partial charge in [0.05, 0.1) is 0 Å². The molecule has 0 saturated carbocycles. The van der Waals surface area contributed by atoms with E-state index in [0.717, 1.165) is 31.3 Å². The lowest BCUT2D eigenvalue weighted by Crippen LogP contribution is -2.37. The molecule has 1 saturated heterocycles. The Labute approximate surface area is 120 Å². The van der Waals surface area contributed by atoms with Crippen LogP contribution in [0.25, 0.3) is 0 Å². The topological polar surface area (TPSA) is 41.1 Å². The van der Waals surface area contributed by atoms with E-state index in [1.165, 1.54) is 12.8 Å². The maximum absolute atomic E-state index is 5.95. The Morgan fingerprint density at radius 1 is 1.50 bits per heavy atom. The van der Waals surface area contributed by atoms with Crippen LogP contribution in [0, 0.1) is 12.8 Å². The first kappa shape index (κ1) is 15.5. The van der Waals surface area contributed by atoms with Crippen molar-refractivity contribution < 1.29 is 0 Å². The summed E-state index contributed by atoms with van der Waals surface area (Å²) in [6.07, 6.45) is 2.53. The number of rotatable bonds is 3. The SMILES string of the molecule is Cc1cc(Cl)nc(N(C)CC2CCCNC2)n1.Cl. The first-order valence-electron chi connectivity index (χ1n) is 6.08. The normalized spacial score (nSPS) is 19.2. The number of aromatic nitrogens is 2. The van der Waals surface area contributed by atoms with Gasteiger partial charge in [-0.3, -0.25) is 0 Å². The second kappa shape index (κ2) is 7.12. The molecule has 1 unspecified atom stereocenters. The number of nitrogens with one attached hydrogen (secondary N) is 1. The first-order valence-corrected chi connectivity index (χ1v) is 6.46. The van der Waals surface area contributed by atoms with E-state index >= 15 is 0 Å². The van der Waals surface area contributed by atoms with Crippen LogP contribution < -0.4 is 10.2 Å². The fourth-order valence-corrected chi connectivity index (χ4v) is 2.47. The highest BCUT2D eigenvalue weighted by atomic mass is 35.5. The second-order valence-corrected chi connectivity index (χ2v) is 5.11. The molecule has 0 radical (unpaired) electrons. The standard InChI is InChI=1S/C12H19ClN4.ClH/c1-9-6-11(13)16-12(15-9)17(2)8-10-4-3-5-14-7-10;/h6,10,14H,3-5,7-8H2,1-2H3;1H. The maximum Gasteiger partial charge on any atom is 0.226 e. The predicted octanol–water partition coefficient (Wildman–Crippen LogP) is 2.30. The van der Waals surface area contributed by atoms with Crippen LogP contribution in [-0.2, 0) is 0 Å². The van der Waals surface area contributed by atoms with E-state index in [1.807, 2.05) is 14.0 Å². The van der Waals surface area contributed by atoms with Gasteiger partial charge in [0.1, 0.15) is 5.15 Å². The lowest BCUT2D eigenvalue weighted by Gasteiger charge is -2.27. The molecule has 2 rings (SSSR count). The summed E-state index contributed by atoms with van der Waals surface area (Å²) >= 11 is 5.95. The number of halogens is 2. The van der Waals surface area contributed by atoms with Crippen LogP contribution in [0.2, 0.25) is 5.15 Å². The Balaban J connectivity index is 0.00000162. The minimum atomic E-state index is 0. The van der Waals surface area contributed by atoms with Gasteiger partial charge in [-0.15, -0.1) is 12.4 Å². The molecule has 4 nitrogen and oxygen atoms in total. The van der Waals surface area contributed by atoms with Crippen LogP contribution in [0.1, 0.15) is 18.5 Å². The molecule has 1 N–H and O–H groups in total. The molecule has 1 aliphatic heterocycles. The van der Waals surface area contributed by atoms with Crippen LogP contribution in [-0.4, -0.2) is 36.6 Å². The highest BCUT2D eigenvalue weighted by Gasteiger charge is 2.16. The van der Waals surface area contributed by atoms with Crippen LogP contribution >= 0.6 is 24.0 Å². The summed E-state index contributed by atoms with van der Waals surface area (Å²) < 4.78 is 0. The molecule has 0 aromatic carbocycles. The Morgan fingerprint density at radius 2 is 2.28 bits per heavy atom. The quantitative estimate of drug-likeness (QED) is 0.868. The third kappa shape index (κ3) is 4.26. The second-order valence-electron chi connectivity index (χ2n) is 4.72. The van der Waals surface area contributed by atoms with Gasteiger partial charge in [0.15, 0.2) is 0 Å². The largest absolute Gasteiger partial charge is 0.344 e. The lowest BCUT2D eigenvalue weighted by atomic mass is 9.99. The number of piperidine rings is 1. The molecule has 18 heavy (non-hydrogen) atoms. The van der Waals surface area contributed by atoms with Gasteiger partial charge < -0.3 is 10.2 Å². The Morgan fingerprint density at radius 3 is 2.89 bits per heavy atom. The minimum Gasteiger partial charge on any atom is -0.344 e. The van der Waals surface area contributed by atoms with E-state index in [2.05, 4.69) is 20.2 Å². The molecule has 0 amide bonds. The van der Waals surface area contributed by atoms with Crippen LogP contribution in [0.5, 0.6) is 0 Å². The van der Waals surface area contributed by atoms with Gasteiger partial charge in [-0.05, 0) is 44.8 Å². The zero-order valence-corrected chi connectivity index (χ0v) is 12.4. The summed E-state index contributed by atoms with van der Waals surface area (Å²) in [4.78, 5) is 10.8. The fraction of sp³-hybridized carbons (Fsp3) is 0.667. The summed E-state index contributed by atoms with van der Waals surface area (Å²) in [6.45, 7) is 5.15. The van der Waals surface area contributed by atoms with E-state index < -0.39 is 0 Å². The lowest BCUT2D eigenvalue weighted by molar-refractivity contribution is 0.380. The van der Waals surface area contributed by atoms with Crippen molar-refractivity contribution in [3.05, 3.63) is 16.9 Å². The van der Waals surface area contributed by atoms with Crippen molar-refractivity contribution in [3.63, 3.8) is 0 Å². The summed E-state index contributed by atoms with van der Waals surface area (Å²) in [7, 11) is 2.03. The maximum atomic E-state index is 5.95. The Kier molecular flexibility index (Phi) is 6.12. The van der Waals surface area contributed by atoms with E-state index in [-0.39, 0.29) is 12.4 Å². The Hall–Kier alpha value is -0.580. The van der Waals surface area contributed by atoms with Crippen molar-refractivity contribution in [1.29, 1.82) is 0 Å². The summed E-state index contributed by atoms with van der Waals surface area (Å²) in [5.41, 5.74) is 0.911. The monoisotopic (exact) mass is 290 g/mol. The number of anilines is 1. The van der Waals surface area contributed by atoms with Crippen LogP contribution in [0.15, 0.2) is 6.07 Å². The molecule has 6 heteroatoms. The van der Waals surface area contributed by atoms with Crippen molar-refractivity contribution in [2.24, 2.45) is 5.92 Å². The molecule has 0 spiro atoms. The van der Waals surface area contributed by atoms with Gasteiger partial charge in [-0.2, -0.15) is 0 Å². The number of aryl methyl sites for hydroxylation is 1. The van der Waals surface area contributed by atoms with Gasteiger partial charge in [0, 0.05) is 19.3 Å². The number of hydrogen-bond acceptors (Lipinski definition) is 4. The Bertz CT molecular complexity index is 360. The van der Waals surface area contributed by atoms with Crippen molar-refractivity contribution in [2.45, 2.75) is 19.8 Å². The average Bonchev–Trinajstić information content (AvgIpc) is 2.29. The van der Waals surface area contributed by atoms with Crippen molar-refractivity contribution in [3.8, 4) is 0 Å². The predicted molar refractivity (Wildman–Crippen MR) is 77.9 cm³/mol. The third-order valence-electron chi connectivity index (χ3n) is 3.08. The molecule has 0 bridgehead atoms. The first-order chi connectivity index (χ1) is 8.15. The molecule has 1 atom stereocenters. The van der Waals surface area contributed by atoms with Gasteiger partial charge in [-0.1, -0.05) is 11.6 Å². The third-order valence-corrected chi connectivity index (χ3v) is 3.28. The summed E-state index contributed by atoms with van der Waals surface area (Å²) in [5, 5.41) is 3.94. The van der Waals surface area contributed by atoms with Crippen molar-refractivity contribution >= 4 is 30.0 Å². The molecule has 2 heterocycles. The van der Waals surface area contributed by atoms with Crippen molar-refractivity contribution in [1.82, 2.24) is 15.3 Å². The van der Waals surface area contributed by atoms with Gasteiger partial charge in [0.25, 0.3) is 0 Å². The molecule has 1 fully saturated rings. The van der Waals surface area contributed by atoms with E-state index in [0.29, 0.717) is 11.1 Å². The smallest absolute Gasteiger partial charge is 0.226 e. The zero-order chi connectivity index (χ0) is 12.3. The zero-order valence-electron chi connectivity index (χ0n) is 10.8. The number of hydrogen-bond donors (Lipinski definition) is 1. The van der Waals surface area contributed by atoms with Gasteiger partial charge >= 0.3 is 0 Å². The van der Waals surface area contributed by atoms with E-state index in [9.17, 15) is 0 Å². The molecule has 102 valence electrons. The van der Waals surface area contributed by atoms with Crippen LogP contribution in [0.3, 0.4) is 0 Å². The van der Waals surface area contributed by atoms with Gasteiger partial charge in [0.2, 0.25) is 5.95 Å². The average molecular weight is 291 g/mol. The highest BCUT2D eigenvalue weighted by Crippen LogP contribution is 2.16. The van der Waals surface area contributed by atoms with Crippen LogP contribution in [0.4, 0.5) is 5.95 Å².